The van der Waals surface area contributed by atoms with Gasteiger partial charge < -0.3 is 10.6 Å². The molecule has 11 heteroatoms. The van der Waals surface area contributed by atoms with E-state index >= 15 is 0 Å². The van der Waals surface area contributed by atoms with E-state index in [0.29, 0.717) is 11.8 Å². The second-order valence-electron chi connectivity index (χ2n) is 10.9. The van der Waals surface area contributed by atoms with Gasteiger partial charge in [-0.05, 0) is 73.2 Å². The van der Waals surface area contributed by atoms with Gasteiger partial charge in [0.2, 0.25) is 11.8 Å². The predicted octanol–water partition coefficient (Wildman–Crippen LogP) is 4.40. The molecule has 11 nitrogen and oxygen atoms in total. The molecule has 1 aliphatic heterocycles. The summed E-state index contributed by atoms with van der Waals surface area (Å²) in [5.41, 5.74) is 13.2. The molecule has 0 spiro atoms. The fraction of sp³-hybridized carbons (Fsp3) is 0.281. The van der Waals surface area contributed by atoms with E-state index in [2.05, 4.69) is 76.8 Å². The fourth-order valence-corrected chi connectivity index (χ4v) is 5.85. The highest BCUT2D eigenvalue weighted by Crippen LogP contribution is 2.32. The number of anilines is 2. The lowest BCUT2D eigenvalue weighted by Gasteiger charge is -2.34. The molecule has 0 bridgehead atoms. The van der Waals surface area contributed by atoms with Crippen LogP contribution in [0.1, 0.15) is 42.8 Å². The molecule has 0 atom stereocenters. The van der Waals surface area contributed by atoms with Crippen molar-refractivity contribution in [1.82, 2.24) is 39.4 Å². The fourth-order valence-electron chi connectivity index (χ4n) is 5.85. The van der Waals surface area contributed by atoms with E-state index in [1.54, 1.807) is 6.20 Å². The molecule has 5 heterocycles. The normalized spacial score (nSPS) is 15.8. The number of aromatic nitrogens is 7. The maximum atomic E-state index is 9.10. The van der Waals surface area contributed by atoms with Crippen molar-refractivity contribution in [3.8, 4) is 23.1 Å². The zero-order chi connectivity index (χ0) is 29.2. The van der Waals surface area contributed by atoms with E-state index in [1.165, 1.54) is 30.3 Å². The molecule has 0 amide bonds. The number of rotatable bonds is 6. The van der Waals surface area contributed by atoms with Gasteiger partial charge in [0.15, 0.2) is 11.5 Å². The van der Waals surface area contributed by atoms with Crippen LogP contribution in [0.4, 0.5) is 11.8 Å². The van der Waals surface area contributed by atoms with E-state index in [4.69, 9.17) is 21.0 Å². The molecule has 4 aromatic heterocycles. The Bertz CT molecular complexity index is 1840. The molecule has 1 aromatic carbocycles. The minimum Gasteiger partial charge on any atom is -0.383 e. The third-order valence-corrected chi connectivity index (χ3v) is 8.12. The summed E-state index contributed by atoms with van der Waals surface area (Å²) in [5, 5.41) is 9.10. The van der Waals surface area contributed by atoms with Crippen molar-refractivity contribution in [3.05, 3.63) is 84.2 Å². The molecule has 43 heavy (non-hydrogen) atoms. The highest BCUT2D eigenvalue weighted by Gasteiger charge is 2.21. The number of fused-ring (bicyclic) bond motifs is 1. The van der Waals surface area contributed by atoms with Crippen LogP contribution in [-0.4, -0.2) is 65.5 Å². The molecule has 2 N–H and O–H groups in total. The number of imidazole rings is 1. The summed E-state index contributed by atoms with van der Waals surface area (Å²) < 4.78 is 2.10. The molecular weight excluding hydrogens is 538 g/mol. The summed E-state index contributed by atoms with van der Waals surface area (Å²) in [6, 6.07) is 18.6. The summed E-state index contributed by atoms with van der Waals surface area (Å²) in [6.45, 7) is 4.14. The average molecular weight is 570 g/mol. The van der Waals surface area contributed by atoms with Crippen LogP contribution in [0.2, 0.25) is 0 Å². The smallest absolute Gasteiger partial charge is 0.236 e. The first-order valence-electron chi connectivity index (χ1n) is 14.6. The average Bonchev–Trinajstić information content (AvgIpc) is 3.44. The minimum atomic E-state index is 0.144. The Morgan fingerprint density at radius 3 is 2.51 bits per heavy atom. The Morgan fingerprint density at radius 1 is 0.884 bits per heavy atom. The van der Waals surface area contributed by atoms with E-state index in [-0.39, 0.29) is 5.82 Å². The van der Waals surface area contributed by atoms with E-state index in [1.807, 2.05) is 18.2 Å². The molecule has 214 valence electrons. The Kier molecular flexibility index (Phi) is 7.18. The number of allylic oxidation sites excluding steroid dienone is 2. The number of nitrogens with zero attached hydrogens (tertiary/aromatic N) is 10. The van der Waals surface area contributed by atoms with Crippen molar-refractivity contribution in [1.29, 1.82) is 5.26 Å². The van der Waals surface area contributed by atoms with Crippen molar-refractivity contribution in [2.75, 3.05) is 36.8 Å². The van der Waals surface area contributed by atoms with E-state index in [9.17, 15) is 0 Å². The lowest BCUT2D eigenvalue weighted by molar-refractivity contribution is 0.248. The van der Waals surface area contributed by atoms with Crippen LogP contribution >= 0.6 is 0 Å². The Hall–Kier alpha value is -5.21. The van der Waals surface area contributed by atoms with Crippen molar-refractivity contribution in [2.24, 2.45) is 0 Å². The first kappa shape index (κ1) is 26.7. The van der Waals surface area contributed by atoms with Crippen molar-refractivity contribution < 1.29 is 0 Å². The number of nitriles is 1. The van der Waals surface area contributed by atoms with Crippen molar-refractivity contribution >= 4 is 28.5 Å². The van der Waals surface area contributed by atoms with E-state index < -0.39 is 0 Å². The quantitative estimate of drug-likeness (QED) is 0.313. The maximum Gasteiger partial charge on any atom is 0.236 e. The summed E-state index contributed by atoms with van der Waals surface area (Å²) in [4.78, 5) is 31.3. The largest absolute Gasteiger partial charge is 0.383 e. The molecule has 0 unspecified atom stereocenters. The molecular formula is C32H31N11. The van der Waals surface area contributed by atoms with Gasteiger partial charge >= 0.3 is 0 Å². The minimum absolute atomic E-state index is 0.144. The second kappa shape index (κ2) is 11.6. The molecule has 1 saturated heterocycles. The third kappa shape index (κ3) is 5.40. The maximum absolute atomic E-state index is 9.10. The lowest BCUT2D eigenvalue weighted by atomic mass is 9.97. The summed E-state index contributed by atoms with van der Waals surface area (Å²) >= 11 is 0. The first-order chi connectivity index (χ1) is 21.2. The molecule has 7 rings (SSSR count). The number of nitrogen functional groups attached to an aromatic ring is 1. The van der Waals surface area contributed by atoms with Crippen LogP contribution in [0.3, 0.4) is 0 Å². The lowest BCUT2D eigenvalue weighted by Crippen LogP contribution is -2.46. The number of nitrogens with two attached hydrogens (primary N) is 1. The van der Waals surface area contributed by atoms with Crippen LogP contribution in [0.5, 0.6) is 0 Å². The molecule has 2 aliphatic rings. The van der Waals surface area contributed by atoms with Crippen molar-refractivity contribution in [2.45, 2.75) is 32.2 Å². The van der Waals surface area contributed by atoms with Crippen LogP contribution in [0, 0.1) is 11.3 Å². The number of piperazine rings is 1. The number of pyridine rings is 2. The molecule has 0 radical (unpaired) electrons. The third-order valence-electron chi connectivity index (χ3n) is 8.12. The molecule has 1 fully saturated rings. The Balaban J connectivity index is 1.16. The standard InChI is InChI=1S/C32H31N11/c33-19-28-36-21-37-32(40-28)42-17-15-41(16-18-42)20-22-8-10-24(11-9-22)43-30(25-7-4-14-35-29(25)34)39-27-13-12-26(38-31(27)43)23-5-2-1-3-6-23/h4-5,7-14,21H,1-3,6,15-18,20H2,(H2,34,35). The van der Waals surface area contributed by atoms with E-state index in [0.717, 1.165) is 79.5 Å². The van der Waals surface area contributed by atoms with Crippen LogP contribution in [0.25, 0.3) is 33.8 Å². The number of benzene rings is 1. The second-order valence-corrected chi connectivity index (χ2v) is 10.9. The van der Waals surface area contributed by atoms with Gasteiger partial charge in [-0.2, -0.15) is 10.2 Å². The zero-order valence-electron chi connectivity index (χ0n) is 23.8. The monoisotopic (exact) mass is 569 g/mol. The van der Waals surface area contributed by atoms with Gasteiger partial charge in [0.1, 0.15) is 23.7 Å². The Morgan fingerprint density at radius 2 is 1.74 bits per heavy atom. The highest BCUT2D eigenvalue weighted by molar-refractivity contribution is 5.84. The zero-order valence-corrected chi connectivity index (χ0v) is 23.8. The van der Waals surface area contributed by atoms with Gasteiger partial charge in [-0.15, -0.1) is 0 Å². The van der Waals surface area contributed by atoms with Crippen LogP contribution in [0.15, 0.2) is 67.1 Å². The highest BCUT2D eigenvalue weighted by atomic mass is 15.3. The van der Waals surface area contributed by atoms with Crippen molar-refractivity contribution in [3.63, 3.8) is 0 Å². The van der Waals surface area contributed by atoms with Gasteiger partial charge in [0, 0.05) is 44.6 Å². The topological polar surface area (TPSA) is 139 Å². The molecule has 5 aromatic rings. The van der Waals surface area contributed by atoms with Gasteiger partial charge in [-0.1, -0.05) is 18.2 Å². The van der Waals surface area contributed by atoms with Crippen LogP contribution < -0.4 is 10.6 Å². The number of hydrogen-bond acceptors (Lipinski definition) is 10. The summed E-state index contributed by atoms with van der Waals surface area (Å²) in [7, 11) is 0. The van der Waals surface area contributed by atoms with Gasteiger partial charge in [-0.3, -0.25) is 9.47 Å². The predicted molar refractivity (Wildman–Crippen MR) is 165 cm³/mol. The van der Waals surface area contributed by atoms with Gasteiger partial charge in [0.25, 0.3) is 0 Å². The van der Waals surface area contributed by atoms with Gasteiger partial charge in [0.05, 0.1) is 11.3 Å². The molecule has 0 saturated carbocycles. The first-order valence-corrected chi connectivity index (χ1v) is 14.6. The number of hydrogen-bond donors (Lipinski definition) is 1. The summed E-state index contributed by atoms with van der Waals surface area (Å²) in [6.07, 6.45) is 9.99. The SMILES string of the molecule is N#Cc1ncnc(N2CCN(Cc3ccc(-n4c(-c5cccnc5N)nc5ccc(C6=CCCCC6)nc54)cc3)CC2)n1. The van der Waals surface area contributed by atoms with Gasteiger partial charge in [-0.25, -0.2) is 24.9 Å². The summed E-state index contributed by atoms with van der Waals surface area (Å²) in [5.74, 6) is 1.87. The van der Waals surface area contributed by atoms with Crippen LogP contribution in [-0.2, 0) is 6.54 Å². The Labute approximate surface area is 249 Å². The molecule has 1 aliphatic carbocycles.